The van der Waals surface area contributed by atoms with E-state index in [1.54, 1.807) is 42.5 Å². The number of hydrogen-bond donors (Lipinski definition) is 6. The van der Waals surface area contributed by atoms with E-state index in [0.29, 0.717) is 35.5 Å². The first-order valence-electron chi connectivity index (χ1n) is 14.0. The Kier molecular flexibility index (Phi) is 10.3. The Balaban J connectivity index is 1.64. The van der Waals surface area contributed by atoms with Crippen LogP contribution in [0.3, 0.4) is 0 Å². The molecule has 4 aromatic carbocycles. The van der Waals surface area contributed by atoms with Gasteiger partial charge in [-0.15, -0.1) is 19.7 Å². The van der Waals surface area contributed by atoms with Crippen LogP contribution in [0.5, 0.6) is 46.0 Å². The van der Waals surface area contributed by atoms with Crippen molar-refractivity contribution in [2.75, 3.05) is 0 Å². The van der Waals surface area contributed by atoms with E-state index < -0.39 is 35.2 Å². The predicted molar refractivity (Wildman–Crippen MR) is 169 cm³/mol. The van der Waals surface area contributed by atoms with Gasteiger partial charge in [0.15, 0.2) is 23.0 Å². The van der Waals surface area contributed by atoms with E-state index in [1.807, 2.05) is 24.3 Å². The first kappa shape index (κ1) is 31.7. The molecule has 44 heavy (non-hydrogen) atoms. The Hall–Kier alpha value is -5.18. The first-order valence-corrected chi connectivity index (χ1v) is 14.0. The fraction of sp³-hybridized carbons (Fsp3) is 0.167. The summed E-state index contributed by atoms with van der Waals surface area (Å²) in [7, 11) is 0. The maximum Gasteiger partial charge on any atom is 0.201 e. The van der Waals surface area contributed by atoms with Gasteiger partial charge in [-0.25, -0.2) is 0 Å². The summed E-state index contributed by atoms with van der Waals surface area (Å²) in [6.07, 6.45) is 3.49. The molecular weight excluding hydrogens is 560 g/mol. The number of rotatable bonds is 14. The minimum Gasteiger partial charge on any atom is -0.504 e. The summed E-state index contributed by atoms with van der Waals surface area (Å²) >= 11 is 0. The molecule has 0 saturated carbocycles. The van der Waals surface area contributed by atoms with Crippen molar-refractivity contribution < 1.29 is 40.1 Å². The van der Waals surface area contributed by atoms with Crippen molar-refractivity contribution >= 4 is 0 Å². The summed E-state index contributed by atoms with van der Waals surface area (Å²) in [5.41, 5.74) is 2.93. The minimum absolute atomic E-state index is 0.0691. The smallest absolute Gasteiger partial charge is 0.201 e. The van der Waals surface area contributed by atoms with Crippen molar-refractivity contribution in [1.29, 1.82) is 0 Å². The lowest BCUT2D eigenvalue weighted by Gasteiger charge is -2.23. The molecular formula is C36H36O8. The number of phenols is 4. The lowest BCUT2D eigenvalue weighted by Crippen LogP contribution is -2.22. The van der Waals surface area contributed by atoms with Gasteiger partial charge in [-0.1, -0.05) is 42.5 Å². The van der Waals surface area contributed by atoms with Crippen LogP contribution in [0.4, 0.5) is 0 Å². The molecule has 0 fully saturated rings. The monoisotopic (exact) mass is 596 g/mol. The lowest BCUT2D eigenvalue weighted by molar-refractivity contribution is 0.0183. The maximum atomic E-state index is 11.2. The highest BCUT2D eigenvalue weighted by atomic mass is 16.5. The van der Waals surface area contributed by atoms with Gasteiger partial charge in [0.2, 0.25) is 11.5 Å². The summed E-state index contributed by atoms with van der Waals surface area (Å²) in [6.45, 7) is 11.2. The predicted octanol–water partition coefficient (Wildman–Crippen LogP) is 6.92. The number of phenolic OH excluding ortho intramolecular Hbond substituents is 4. The van der Waals surface area contributed by atoms with E-state index >= 15 is 0 Å². The molecule has 4 rings (SSSR count). The number of ether oxygens (including phenoxy) is 2. The second-order valence-corrected chi connectivity index (χ2v) is 10.3. The Morgan fingerprint density at radius 3 is 1.70 bits per heavy atom. The van der Waals surface area contributed by atoms with E-state index in [0.717, 1.165) is 17.2 Å². The van der Waals surface area contributed by atoms with Crippen molar-refractivity contribution in [2.24, 2.45) is 0 Å². The Bertz CT molecular complexity index is 1620. The summed E-state index contributed by atoms with van der Waals surface area (Å²) < 4.78 is 11.8. The van der Waals surface area contributed by atoms with Gasteiger partial charge >= 0.3 is 0 Å². The second kappa shape index (κ2) is 14.3. The molecule has 0 aromatic heterocycles. The van der Waals surface area contributed by atoms with Crippen LogP contribution >= 0.6 is 0 Å². The third kappa shape index (κ3) is 7.42. The van der Waals surface area contributed by atoms with E-state index in [2.05, 4.69) is 19.7 Å². The van der Waals surface area contributed by atoms with Gasteiger partial charge in [-0.3, -0.25) is 0 Å². The number of aliphatic hydroxyl groups is 2. The fourth-order valence-electron chi connectivity index (χ4n) is 4.77. The molecule has 6 N–H and O–H groups in total. The van der Waals surface area contributed by atoms with Gasteiger partial charge in [0.25, 0.3) is 0 Å². The highest BCUT2D eigenvalue weighted by molar-refractivity contribution is 5.60. The van der Waals surface area contributed by atoms with Crippen molar-refractivity contribution in [3.8, 4) is 46.0 Å². The molecule has 4 aromatic rings. The SMILES string of the molecule is C=CCc1ccc(Oc2cc([C@@H](O)[C@H](O)Cc3c(CC=C)cc(O)c(O)c3Oc3ccc(CC=C)cc3)cc(O)c2O)cc1. The van der Waals surface area contributed by atoms with Gasteiger partial charge < -0.3 is 40.1 Å². The highest BCUT2D eigenvalue weighted by Gasteiger charge is 2.27. The van der Waals surface area contributed by atoms with Gasteiger partial charge in [0.05, 0.1) is 6.10 Å². The minimum atomic E-state index is -1.56. The number of hydrogen-bond acceptors (Lipinski definition) is 8. The molecule has 0 aliphatic carbocycles. The van der Waals surface area contributed by atoms with Crippen LogP contribution in [0.15, 0.2) is 105 Å². The number of benzene rings is 4. The molecule has 0 unspecified atom stereocenters. The van der Waals surface area contributed by atoms with Crippen LogP contribution in [0, 0.1) is 0 Å². The largest absolute Gasteiger partial charge is 0.504 e. The molecule has 0 aliphatic heterocycles. The number of allylic oxidation sites excluding steroid dienone is 3. The summed E-state index contributed by atoms with van der Waals surface area (Å²) in [4.78, 5) is 0. The third-order valence-electron chi connectivity index (χ3n) is 7.05. The van der Waals surface area contributed by atoms with Crippen molar-refractivity contribution in [1.82, 2.24) is 0 Å². The molecule has 0 amide bonds. The van der Waals surface area contributed by atoms with Crippen LogP contribution in [0.25, 0.3) is 0 Å². The maximum absolute atomic E-state index is 11.2. The van der Waals surface area contributed by atoms with Crippen molar-refractivity contribution in [2.45, 2.75) is 37.9 Å². The van der Waals surface area contributed by atoms with Crippen molar-refractivity contribution in [3.63, 3.8) is 0 Å². The molecule has 0 bridgehead atoms. The van der Waals surface area contributed by atoms with Gasteiger partial charge in [-0.2, -0.15) is 0 Å². The van der Waals surface area contributed by atoms with E-state index in [9.17, 15) is 30.6 Å². The third-order valence-corrected chi connectivity index (χ3v) is 7.05. The first-order chi connectivity index (χ1) is 21.1. The normalized spacial score (nSPS) is 12.2. The van der Waals surface area contributed by atoms with Crippen LogP contribution < -0.4 is 9.47 Å². The zero-order valence-corrected chi connectivity index (χ0v) is 24.2. The molecule has 0 aliphatic rings. The number of aromatic hydroxyl groups is 4. The Morgan fingerprint density at radius 2 is 1.16 bits per heavy atom. The molecule has 0 radical (unpaired) electrons. The van der Waals surface area contributed by atoms with Gasteiger partial charge in [-0.05, 0) is 84.0 Å². The van der Waals surface area contributed by atoms with Crippen LogP contribution in [0.2, 0.25) is 0 Å². The van der Waals surface area contributed by atoms with Crippen LogP contribution in [-0.2, 0) is 25.7 Å². The number of aliphatic hydroxyl groups excluding tert-OH is 2. The zero-order valence-electron chi connectivity index (χ0n) is 24.2. The lowest BCUT2D eigenvalue weighted by atomic mass is 9.92. The summed E-state index contributed by atoms with van der Waals surface area (Å²) in [5.74, 6) is -1.47. The van der Waals surface area contributed by atoms with Crippen LogP contribution in [0.1, 0.15) is 33.9 Å². The Morgan fingerprint density at radius 1 is 0.636 bits per heavy atom. The quantitative estimate of drug-likeness (QED) is 0.0681. The zero-order chi connectivity index (χ0) is 31.8. The molecule has 228 valence electrons. The molecule has 2 atom stereocenters. The average molecular weight is 597 g/mol. The molecule has 8 nitrogen and oxygen atoms in total. The molecule has 0 heterocycles. The molecule has 8 heteroatoms. The summed E-state index contributed by atoms with van der Waals surface area (Å²) in [6, 6.07) is 17.9. The molecule has 0 spiro atoms. The fourth-order valence-corrected chi connectivity index (χ4v) is 4.77. The van der Waals surface area contributed by atoms with Gasteiger partial charge in [0, 0.05) is 12.0 Å². The van der Waals surface area contributed by atoms with Crippen molar-refractivity contribution in [3.05, 3.63) is 133 Å². The second-order valence-electron chi connectivity index (χ2n) is 10.3. The molecule has 0 saturated heterocycles. The van der Waals surface area contributed by atoms with E-state index in [4.69, 9.17) is 9.47 Å². The van der Waals surface area contributed by atoms with E-state index in [-0.39, 0.29) is 29.9 Å². The van der Waals surface area contributed by atoms with E-state index in [1.165, 1.54) is 12.1 Å². The standard InChI is InChI=1S/C36H36O8/c1-4-7-22-10-14-26(15-11-22)43-32-20-25(19-29(37)34(32)41)33(40)31(39)21-28-24(9-6-3)18-30(38)35(42)36(28)44-27-16-12-23(8-5-2)13-17-27/h4-6,10-20,31,33,37-42H,1-3,7-9,21H2/t31-,33-/m1/s1. The van der Waals surface area contributed by atoms with Crippen LogP contribution in [-0.4, -0.2) is 36.7 Å². The average Bonchev–Trinajstić information content (AvgIpc) is 3.01. The topological polar surface area (TPSA) is 140 Å². The summed E-state index contributed by atoms with van der Waals surface area (Å²) in [5, 5.41) is 64.4. The Labute approximate surface area is 256 Å². The van der Waals surface area contributed by atoms with Gasteiger partial charge in [0.1, 0.15) is 17.6 Å². The highest BCUT2D eigenvalue weighted by Crippen LogP contribution is 2.45.